The molecule has 1 aromatic heterocycles. The van der Waals surface area contributed by atoms with E-state index in [2.05, 4.69) is 34.8 Å². The van der Waals surface area contributed by atoms with Gasteiger partial charge in [0.2, 0.25) is 0 Å². The zero-order valence-electron chi connectivity index (χ0n) is 16.0. The summed E-state index contributed by atoms with van der Waals surface area (Å²) in [5.41, 5.74) is 8.07. The number of hydrogen-bond donors (Lipinski definition) is 1. The van der Waals surface area contributed by atoms with Gasteiger partial charge in [0.25, 0.3) is 0 Å². The average molecular weight is 373 g/mol. The molecular formula is C23H23N3O2. The van der Waals surface area contributed by atoms with Crippen LogP contribution in [0.3, 0.4) is 0 Å². The smallest absolute Gasteiger partial charge is 0.143 e. The Bertz CT molecular complexity index is 972. The summed E-state index contributed by atoms with van der Waals surface area (Å²) in [4.78, 5) is 4.26. The molecule has 3 aromatic rings. The Morgan fingerprint density at radius 1 is 1.00 bits per heavy atom. The molecule has 5 heteroatoms. The lowest BCUT2D eigenvalue weighted by Gasteiger charge is -2.22. The number of para-hydroxylation sites is 2. The van der Waals surface area contributed by atoms with Crippen LogP contribution in [-0.2, 0) is 6.42 Å². The number of hydrogen-bond acceptors (Lipinski definition) is 5. The van der Waals surface area contributed by atoms with Crippen LogP contribution in [0.25, 0.3) is 5.57 Å². The van der Waals surface area contributed by atoms with E-state index in [1.807, 2.05) is 53.7 Å². The van der Waals surface area contributed by atoms with Crippen molar-refractivity contribution in [3.63, 3.8) is 0 Å². The highest BCUT2D eigenvalue weighted by molar-refractivity contribution is 5.77. The topological polar surface area (TPSA) is 46.6 Å². The van der Waals surface area contributed by atoms with Crippen molar-refractivity contribution in [1.29, 1.82) is 0 Å². The summed E-state index contributed by atoms with van der Waals surface area (Å²) in [6.45, 7) is 0. The van der Waals surface area contributed by atoms with Crippen LogP contribution in [0.1, 0.15) is 11.1 Å². The zero-order valence-corrected chi connectivity index (χ0v) is 16.0. The fraction of sp³-hybridized carbons (Fsp3) is 0.174. The van der Waals surface area contributed by atoms with Crippen molar-refractivity contribution in [2.75, 3.05) is 19.2 Å². The molecule has 0 spiro atoms. The molecule has 1 aliphatic heterocycles. The summed E-state index contributed by atoms with van der Waals surface area (Å²) in [5, 5.41) is 2.04. The molecule has 0 saturated heterocycles. The summed E-state index contributed by atoms with van der Waals surface area (Å²) in [6.07, 6.45) is 6.67. The Hall–Kier alpha value is -3.31. The normalized spacial score (nSPS) is 16.0. The van der Waals surface area contributed by atoms with Crippen LogP contribution in [0.5, 0.6) is 11.5 Å². The minimum absolute atomic E-state index is 0.0984. The molecule has 4 rings (SSSR count). The van der Waals surface area contributed by atoms with E-state index in [0.717, 1.165) is 29.2 Å². The molecule has 28 heavy (non-hydrogen) atoms. The molecule has 1 aliphatic rings. The van der Waals surface area contributed by atoms with Crippen LogP contribution >= 0.6 is 0 Å². The molecule has 1 N–H and O–H groups in total. The van der Waals surface area contributed by atoms with E-state index in [1.54, 1.807) is 20.4 Å². The van der Waals surface area contributed by atoms with Crippen LogP contribution < -0.4 is 19.9 Å². The van der Waals surface area contributed by atoms with Crippen molar-refractivity contribution in [1.82, 2.24) is 10.4 Å². The minimum Gasteiger partial charge on any atom is -0.497 e. The van der Waals surface area contributed by atoms with Crippen molar-refractivity contribution in [2.45, 2.75) is 12.5 Å². The molecule has 0 radical (unpaired) electrons. The van der Waals surface area contributed by atoms with Gasteiger partial charge in [-0.1, -0.05) is 30.3 Å². The predicted octanol–water partition coefficient (Wildman–Crippen LogP) is 4.08. The Kier molecular flexibility index (Phi) is 5.26. The van der Waals surface area contributed by atoms with Crippen LogP contribution in [0.15, 0.2) is 79.3 Å². The first-order chi connectivity index (χ1) is 13.8. The highest BCUT2D eigenvalue weighted by Crippen LogP contribution is 2.34. The second-order valence-electron chi connectivity index (χ2n) is 6.61. The molecular weight excluding hydrogens is 350 g/mol. The summed E-state index contributed by atoms with van der Waals surface area (Å²) < 4.78 is 11.0. The Balaban J connectivity index is 1.71. The standard InChI is InChI=1S/C23H23N3O2/c1-27-19-9-5-8-18(14-19)20-16-26(22-10-3-4-11-23(22)28-2)25-21(20)13-17-7-6-12-24-15-17/h3-12,14-16,21,25H,13H2,1-2H3. The van der Waals surface area contributed by atoms with Crippen LogP contribution in [-0.4, -0.2) is 25.2 Å². The molecule has 0 fully saturated rings. The molecule has 142 valence electrons. The third kappa shape index (κ3) is 3.70. The predicted molar refractivity (Wildman–Crippen MR) is 111 cm³/mol. The van der Waals surface area contributed by atoms with Gasteiger partial charge in [0, 0.05) is 18.6 Å². The minimum atomic E-state index is 0.0984. The Labute approximate surface area is 165 Å². The second kappa shape index (κ2) is 8.15. The fourth-order valence-corrected chi connectivity index (χ4v) is 3.46. The molecule has 0 aliphatic carbocycles. The van der Waals surface area contributed by atoms with Gasteiger partial charge in [-0.3, -0.25) is 9.99 Å². The lowest BCUT2D eigenvalue weighted by Crippen LogP contribution is -2.37. The number of pyridine rings is 1. The second-order valence-corrected chi connectivity index (χ2v) is 6.61. The van der Waals surface area contributed by atoms with E-state index in [0.29, 0.717) is 0 Å². The maximum Gasteiger partial charge on any atom is 0.143 e. The number of hydrazine groups is 1. The van der Waals surface area contributed by atoms with E-state index in [9.17, 15) is 0 Å². The van der Waals surface area contributed by atoms with Crippen molar-refractivity contribution in [3.05, 3.63) is 90.4 Å². The van der Waals surface area contributed by atoms with Crippen LogP contribution in [0, 0.1) is 0 Å². The number of nitrogens with zero attached hydrogens (tertiary/aromatic N) is 2. The number of nitrogens with one attached hydrogen (secondary N) is 1. The van der Waals surface area contributed by atoms with Crippen molar-refractivity contribution in [3.8, 4) is 11.5 Å². The third-order valence-corrected chi connectivity index (χ3v) is 4.85. The summed E-state index contributed by atoms with van der Waals surface area (Å²) in [7, 11) is 3.38. The molecule has 0 amide bonds. The van der Waals surface area contributed by atoms with Crippen molar-refractivity contribution < 1.29 is 9.47 Å². The SMILES string of the molecule is COc1cccc(C2=CN(c3ccccc3OC)NC2Cc2cccnc2)c1. The van der Waals surface area contributed by atoms with Crippen LogP contribution in [0.2, 0.25) is 0 Å². The van der Waals surface area contributed by atoms with E-state index >= 15 is 0 Å². The average Bonchev–Trinajstić information content (AvgIpc) is 3.18. The van der Waals surface area contributed by atoms with Gasteiger partial charge in [-0.2, -0.15) is 0 Å². The van der Waals surface area contributed by atoms with E-state index in [4.69, 9.17) is 9.47 Å². The lowest BCUT2D eigenvalue weighted by molar-refractivity contribution is 0.414. The van der Waals surface area contributed by atoms with Gasteiger partial charge in [0.05, 0.1) is 25.9 Å². The monoisotopic (exact) mass is 373 g/mol. The zero-order chi connectivity index (χ0) is 19.3. The van der Waals surface area contributed by atoms with Gasteiger partial charge >= 0.3 is 0 Å². The van der Waals surface area contributed by atoms with Gasteiger partial charge in [-0.05, 0) is 53.5 Å². The molecule has 1 unspecified atom stereocenters. The molecule has 0 bridgehead atoms. The first-order valence-electron chi connectivity index (χ1n) is 9.22. The van der Waals surface area contributed by atoms with Gasteiger partial charge in [-0.15, -0.1) is 0 Å². The van der Waals surface area contributed by atoms with Gasteiger partial charge in [-0.25, -0.2) is 5.43 Å². The third-order valence-electron chi connectivity index (χ3n) is 4.85. The summed E-state index contributed by atoms with van der Waals surface area (Å²) >= 11 is 0. The van der Waals surface area contributed by atoms with Crippen LogP contribution in [0.4, 0.5) is 5.69 Å². The van der Waals surface area contributed by atoms with Crippen molar-refractivity contribution in [2.24, 2.45) is 0 Å². The lowest BCUT2D eigenvalue weighted by atomic mass is 9.96. The Morgan fingerprint density at radius 3 is 2.68 bits per heavy atom. The largest absolute Gasteiger partial charge is 0.497 e. The molecule has 1 atom stereocenters. The number of rotatable bonds is 6. The molecule has 0 saturated carbocycles. The van der Waals surface area contributed by atoms with E-state index < -0.39 is 0 Å². The highest BCUT2D eigenvalue weighted by atomic mass is 16.5. The van der Waals surface area contributed by atoms with E-state index in [-0.39, 0.29) is 6.04 Å². The maximum atomic E-state index is 5.55. The first kappa shape index (κ1) is 18.1. The molecule has 2 aromatic carbocycles. The number of methoxy groups -OCH3 is 2. The first-order valence-corrected chi connectivity index (χ1v) is 9.22. The number of ether oxygens (including phenoxy) is 2. The maximum absolute atomic E-state index is 5.55. The number of anilines is 1. The number of benzene rings is 2. The highest BCUT2D eigenvalue weighted by Gasteiger charge is 2.27. The Morgan fingerprint density at radius 2 is 1.89 bits per heavy atom. The fourth-order valence-electron chi connectivity index (χ4n) is 3.46. The number of aromatic nitrogens is 1. The van der Waals surface area contributed by atoms with Gasteiger partial charge < -0.3 is 9.47 Å². The summed E-state index contributed by atoms with van der Waals surface area (Å²) in [5.74, 6) is 1.66. The molecule has 5 nitrogen and oxygen atoms in total. The van der Waals surface area contributed by atoms with Gasteiger partial charge in [0.1, 0.15) is 11.5 Å². The quantitative estimate of drug-likeness (QED) is 0.706. The molecule has 2 heterocycles. The summed E-state index contributed by atoms with van der Waals surface area (Å²) in [6, 6.07) is 20.3. The van der Waals surface area contributed by atoms with Gasteiger partial charge in [0.15, 0.2) is 0 Å². The van der Waals surface area contributed by atoms with E-state index in [1.165, 1.54) is 11.1 Å². The van der Waals surface area contributed by atoms with Crippen molar-refractivity contribution >= 4 is 11.3 Å².